The Morgan fingerprint density at radius 1 is 1.00 bits per heavy atom. The van der Waals surface area contributed by atoms with Crippen LogP contribution in [0.3, 0.4) is 0 Å². The van der Waals surface area contributed by atoms with Crippen molar-refractivity contribution in [3.63, 3.8) is 0 Å². The summed E-state index contributed by atoms with van der Waals surface area (Å²) in [7, 11) is 3.27. The molecule has 184 valence electrons. The van der Waals surface area contributed by atoms with Crippen LogP contribution in [-0.4, -0.2) is 46.9 Å². The first kappa shape index (κ1) is 23.5. The fourth-order valence-electron chi connectivity index (χ4n) is 4.97. The van der Waals surface area contributed by atoms with Crippen molar-refractivity contribution < 1.29 is 19.4 Å². The van der Waals surface area contributed by atoms with Crippen LogP contribution in [-0.2, 0) is 6.42 Å². The van der Waals surface area contributed by atoms with Crippen molar-refractivity contribution in [2.45, 2.75) is 26.3 Å². The van der Waals surface area contributed by atoms with Crippen LogP contribution in [0.4, 0.5) is 0 Å². The molecule has 0 fully saturated rings. The van der Waals surface area contributed by atoms with Gasteiger partial charge in [0.2, 0.25) is 0 Å². The molecule has 1 atom stereocenters. The van der Waals surface area contributed by atoms with Gasteiger partial charge in [-0.25, -0.2) is 0 Å². The van der Waals surface area contributed by atoms with E-state index in [1.807, 2.05) is 79.4 Å². The molecule has 7 nitrogen and oxygen atoms in total. The number of fused-ring (bicyclic) bond motifs is 1. The predicted molar refractivity (Wildman–Crippen MR) is 138 cm³/mol. The number of hydrogen-bond donors (Lipinski definition) is 2. The number of phenols is 1. The molecule has 1 unspecified atom stereocenters. The van der Waals surface area contributed by atoms with Gasteiger partial charge in [0.1, 0.15) is 28.6 Å². The minimum Gasteiger partial charge on any atom is -0.507 e. The zero-order valence-electron chi connectivity index (χ0n) is 20.8. The number of aromatic nitrogens is 2. The molecule has 0 bridgehead atoms. The van der Waals surface area contributed by atoms with Crippen molar-refractivity contribution in [3.05, 3.63) is 94.2 Å². The lowest BCUT2D eigenvalue weighted by atomic mass is 9.94. The lowest BCUT2D eigenvalue weighted by molar-refractivity contribution is 0.0745. The van der Waals surface area contributed by atoms with Crippen molar-refractivity contribution >= 4 is 5.91 Å². The van der Waals surface area contributed by atoms with Crippen LogP contribution >= 0.6 is 0 Å². The first-order valence-electron chi connectivity index (χ1n) is 11.9. The third kappa shape index (κ3) is 4.06. The summed E-state index contributed by atoms with van der Waals surface area (Å²) in [5.74, 6) is 1.56. The van der Waals surface area contributed by atoms with E-state index in [4.69, 9.17) is 9.47 Å². The Hall–Kier alpha value is -4.26. The maximum Gasteiger partial charge on any atom is 0.273 e. The van der Waals surface area contributed by atoms with Gasteiger partial charge in [0, 0.05) is 17.7 Å². The number of hydrogen-bond acceptors (Lipinski definition) is 5. The van der Waals surface area contributed by atoms with Gasteiger partial charge < -0.3 is 19.5 Å². The number of aromatic hydroxyl groups is 1. The second-order valence-corrected chi connectivity index (χ2v) is 9.11. The van der Waals surface area contributed by atoms with E-state index in [2.05, 4.69) is 10.2 Å². The highest BCUT2D eigenvalue weighted by Crippen LogP contribution is 2.45. The third-order valence-corrected chi connectivity index (χ3v) is 6.77. The van der Waals surface area contributed by atoms with Gasteiger partial charge >= 0.3 is 0 Å². The molecule has 0 spiro atoms. The number of aryl methyl sites for hydroxylation is 2. The van der Waals surface area contributed by atoms with Gasteiger partial charge in [-0.2, -0.15) is 5.10 Å². The Balaban J connectivity index is 1.59. The number of aromatic amines is 1. The molecule has 0 aliphatic carbocycles. The first-order chi connectivity index (χ1) is 17.4. The minimum absolute atomic E-state index is 0.117. The predicted octanol–water partition coefficient (Wildman–Crippen LogP) is 5.20. The Morgan fingerprint density at radius 2 is 1.75 bits per heavy atom. The summed E-state index contributed by atoms with van der Waals surface area (Å²) in [5.41, 5.74) is 6.21. The average molecular weight is 484 g/mol. The fourth-order valence-corrected chi connectivity index (χ4v) is 4.97. The Bertz CT molecular complexity index is 1430. The number of ether oxygens (including phenoxy) is 2. The van der Waals surface area contributed by atoms with Crippen LogP contribution in [0.5, 0.6) is 17.2 Å². The fraction of sp³-hybridized carbons (Fsp3) is 0.241. The number of phenolic OH excluding ortho intramolecular Hbond substituents is 1. The maximum atomic E-state index is 13.7. The van der Waals surface area contributed by atoms with Crippen LogP contribution in [0.25, 0.3) is 11.3 Å². The number of nitrogens with one attached hydrogen (secondary N) is 1. The number of carbonyl (C=O) groups excluding carboxylic acids is 1. The van der Waals surface area contributed by atoms with Crippen LogP contribution in [0, 0.1) is 13.8 Å². The van der Waals surface area contributed by atoms with Crippen LogP contribution in [0.15, 0.2) is 60.7 Å². The van der Waals surface area contributed by atoms with E-state index in [9.17, 15) is 9.90 Å². The van der Waals surface area contributed by atoms with Crippen molar-refractivity contribution in [1.82, 2.24) is 15.1 Å². The molecule has 0 radical (unpaired) electrons. The second kappa shape index (κ2) is 9.41. The molecule has 3 aromatic carbocycles. The monoisotopic (exact) mass is 483 g/mol. The average Bonchev–Trinajstić information content (AvgIpc) is 3.43. The SMILES string of the molecule is COc1ccc(CCN2C(=O)c3[nH]nc(-c4cc(C)cc(C)c4O)c3C2c2cccc(OC)c2)cc1. The minimum atomic E-state index is -0.380. The zero-order valence-corrected chi connectivity index (χ0v) is 20.8. The Labute approximate surface area is 210 Å². The summed E-state index contributed by atoms with van der Waals surface area (Å²) in [6.45, 7) is 4.35. The number of rotatable bonds is 7. The summed E-state index contributed by atoms with van der Waals surface area (Å²) in [5, 5.41) is 18.4. The highest BCUT2D eigenvalue weighted by Gasteiger charge is 2.42. The molecule has 1 aliphatic heterocycles. The summed E-state index contributed by atoms with van der Waals surface area (Å²) >= 11 is 0. The van der Waals surface area contributed by atoms with Gasteiger partial charge in [0.25, 0.3) is 5.91 Å². The van der Waals surface area contributed by atoms with E-state index in [0.717, 1.165) is 33.6 Å². The number of methoxy groups -OCH3 is 2. The molecule has 1 aliphatic rings. The second-order valence-electron chi connectivity index (χ2n) is 9.11. The lowest BCUT2D eigenvalue weighted by Gasteiger charge is -2.27. The Morgan fingerprint density at radius 3 is 2.47 bits per heavy atom. The van der Waals surface area contributed by atoms with Gasteiger partial charge in [-0.05, 0) is 72.9 Å². The summed E-state index contributed by atoms with van der Waals surface area (Å²) < 4.78 is 10.8. The standard InChI is InChI=1S/C29H29N3O4/c1-17-14-18(2)28(33)23(15-17)25-24-26(31-30-25)29(34)32(13-12-19-8-10-21(35-3)11-9-19)27(24)20-6-5-7-22(16-20)36-4/h5-11,14-16,27,33H,12-13H2,1-4H3,(H,30,31). The molecule has 5 rings (SSSR count). The molecule has 1 amide bonds. The van der Waals surface area contributed by atoms with Gasteiger partial charge in [0.05, 0.1) is 20.3 Å². The van der Waals surface area contributed by atoms with Crippen molar-refractivity contribution in [2.24, 2.45) is 0 Å². The van der Waals surface area contributed by atoms with Crippen molar-refractivity contribution in [3.8, 4) is 28.5 Å². The lowest BCUT2D eigenvalue weighted by Crippen LogP contribution is -2.31. The van der Waals surface area contributed by atoms with E-state index in [1.54, 1.807) is 14.2 Å². The quantitative estimate of drug-likeness (QED) is 0.377. The van der Waals surface area contributed by atoms with E-state index >= 15 is 0 Å². The molecule has 0 saturated carbocycles. The molecular weight excluding hydrogens is 454 g/mol. The number of benzene rings is 3. The van der Waals surface area contributed by atoms with Gasteiger partial charge in [-0.3, -0.25) is 9.89 Å². The number of carbonyl (C=O) groups is 1. The molecule has 1 aromatic heterocycles. The van der Waals surface area contributed by atoms with E-state index < -0.39 is 0 Å². The largest absolute Gasteiger partial charge is 0.507 e. The van der Waals surface area contributed by atoms with Crippen molar-refractivity contribution in [1.29, 1.82) is 0 Å². The summed E-state index contributed by atoms with van der Waals surface area (Å²) in [6.07, 6.45) is 0.679. The smallest absolute Gasteiger partial charge is 0.273 e. The van der Waals surface area contributed by atoms with E-state index in [-0.39, 0.29) is 17.7 Å². The van der Waals surface area contributed by atoms with E-state index in [0.29, 0.717) is 35.7 Å². The van der Waals surface area contributed by atoms with Gasteiger partial charge in [-0.1, -0.05) is 30.3 Å². The normalized spacial score (nSPS) is 14.7. The number of H-pyrrole nitrogens is 1. The highest BCUT2D eigenvalue weighted by molar-refractivity contribution is 6.00. The van der Waals surface area contributed by atoms with Crippen LogP contribution in [0.1, 0.15) is 44.3 Å². The highest BCUT2D eigenvalue weighted by atomic mass is 16.5. The molecular formula is C29H29N3O4. The molecule has 2 heterocycles. The van der Waals surface area contributed by atoms with Gasteiger partial charge in [0.15, 0.2) is 0 Å². The molecule has 2 N–H and O–H groups in total. The summed E-state index contributed by atoms with van der Waals surface area (Å²) in [4.78, 5) is 15.5. The van der Waals surface area contributed by atoms with Crippen LogP contribution in [0.2, 0.25) is 0 Å². The molecule has 0 saturated heterocycles. The molecule has 7 heteroatoms. The van der Waals surface area contributed by atoms with Crippen molar-refractivity contribution in [2.75, 3.05) is 20.8 Å². The molecule has 36 heavy (non-hydrogen) atoms. The number of nitrogens with zero attached hydrogens (tertiary/aromatic N) is 2. The Kier molecular flexibility index (Phi) is 6.14. The number of amides is 1. The zero-order chi connectivity index (χ0) is 25.4. The third-order valence-electron chi connectivity index (χ3n) is 6.77. The summed E-state index contributed by atoms with van der Waals surface area (Å²) in [6, 6.07) is 19.1. The van der Waals surface area contributed by atoms with Crippen LogP contribution < -0.4 is 9.47 Å². The molecule has 4 aromatic rings. The van der Waals surface area contributed by atoms with Gasteiger partial charge in [-0.15, -0.1) is 0 Å². The topological polar surface area (TPSA) is 87.7 Å². The maximum absolute atomic E-state index is 13.7. The van der Waals surface area contributed by atoms with E-state index in [1.165, 1.54) is 0 Å². The first-order valence-corrected chi connectivity index (χ1v) is 11.9.